The number of hydrogen-bond donors (Lipinski definition) is 1. The minimum Gasteiger partial charge on any atom is -0.481 e. The summed E-state index contributed by atoms with van der Waals surface area (Å²) in [6, 6.07) is 9.44. The van der Waals surface area contributed by atoms with E-state index in [0.29, 0.717) is 6.42 Å². The largest absolute Gasteiger partial charge is 0.481 e. The topological polar surface area (TPSA) is 54.4 Å². The third-order valence-electron chi connectivity index (χ3n) is 2.74. The van der Waals surface area contributed by atoms with Crippen molar-refractivity contribution in [3.05, 3.63) is 42.0 Å². The fraction of sp³-hybridized carbons (Fsp3) is 0.231. The summed E-state index contributed by atoms with van der Waals surface area (Å²) >= 11 is 0. The van der Waals surface area contributed by atoms with Crippen LogP contribution < -0.4 is 0 Å². The molecule has 82 valence electrons. The monoisotopic (exact) mass is 216 g/mol. The summed E-state index contributed by atoms with van der Waals surface area (Å²) in [7, 11) is 0. The zero-order valence-electron chi connectivity index (χ0n) is 8.72. The highest BCUT2D eigenvalue weighted by atomic mass is 16.4. The van der Waals surface area contributed by atoms with Crippen molar-refractivity contribution < 1.29 is 14.7 Å². The second-order valence-electron chi connectivity index (χ2n) is 3.95. The van der Waals surface area contributed by atoms with Gasteiger partial charge in [-0.15, -0.1) is 0 Å². The van der Waals surface area contributed by atoms with E-state index in [0.717, 1.165) is 11.1 Å². The number of carbonyl (C=O) groups is 2. The lowest BCUT2D eigenvalue weighted by molar-refractivity contribution is -0.143. The van der Waals surface area contributed by atoms with Crippen molar-refractivity contribution in [1.29, 1.82) is 0 Å². The Labute approximate surface area is 93.4 Å². The Kier molecular flexibility index (Phi) is 2.86. The van der Waals surface area contributed by atoms with Gasteiger partial charge in [0.05, 0.1) is 5.92 Å². The van der Waals surface area contributed by atoms with Gasteiger partial charge in [-0.3, -0.25) is 9.59 Å². The molecule has 3 heteroatoms. The lowest BCUT2D eigenvalue weighted by Crippen LogP contribution is -2.21. The molecule has 0 saturated carbocycles. The van der Waals surface area contributed by atoms with Crippen molar-refractivity contribution in [1.82, 2.24) is 0 Å². The smallest absolute Gasteiger partial charge is 0.307 e. The number of allylic oxidation sites excluding steroid dienone is 2. The maximum absolute atomic E-state index is 11.4. The Morgan fingerprint density at radius 1 is 1.19 bits per heavy atom. The molecule has 0 unspecified atom stereocenters. The van der Waals surface area contributed by atoms with Crippen molar-refractivity contribution in [2.75, 3.05) is 0 Å². The molecule has 1 atom stereocenters. The molecule has 0 heterocycles. The molecule has 0 aromatic heterocycles. The first-order chi connectivity index (χ1) is 7.66. The Balaban J connectivity index is 2.29. The number of carboxylic acid groups (broad SMARTS) is 1. The normalized spacial score (nSPS) is 20.4. The van der Waals surface area contributed by atoms with Crippen LogP contribution in [0.25, 0.3) is 5.57 Å². The highest BCUT2D eigenvalue weighted by Crippen LogP contribution is 2.29. The van der Waals surface area contributed by atoms with Crippen molar-refractivity contribution >= 4 is 17.3 Å². The average Bonchev–Trinajstić information content (AvgIpc) is 2.29. The van der Waals surface area contributed by atoms with E-state index < -0.39 is 11.9 Å². The summed E-state index contributed by atoms with van der Waals surface area (Å²) in [5.74, 6) is -1.57. The van der Waals surface area contributed by atoms with Crippen molar-refractivity contribution in [2.45, 2.75) is 12.8 Å². The molecule has 1 aromatic carbocycles. The number of benzene rings is 1. The molecule has 3 nitrogen and oxygen atoms in total. The molecule has 1 aliphatic carbocycles. The molecule has 0 radical (unpaired) electrons. The van der Waals surface area contributed by atoms with Crippen LogP contribution in [-0.2, 0) is 9.59 Å². The maximum Gasteiger partial charge on any atom is 0.307 e. The van der Waals surface area contributed by atoms with Gasteiger partial charge in [-0.25, -0.2) is 0 Å². The van der Waals surface area contributed by atoms with Crippen LogP contribution in [0.15, 0.2) is 36.4 Å². The lowest BCUT2D eigenvalue weighted by atomic mass is 9.85. The zero-order valence-corrected chi connectivity index (χ0v) is 8.72. The van der Waals surface area contributed by atoms with Crippen LogP contribution in [0.5, 0.6) is 0 Å². The molecular formula is C13H12O3. The van der Waals surface area contributed by atoms with E-state index in [-0.39, 0.29) is 12.2 Å². The first-order valence-electron chi connectivity index (χ1n) is 5.18. The van der Waals surface area contributed by atoms with Gasteiger partial charge in [-0.2, -0.15) is 0 Å². The molecule has 0 aliphatic heterocycles. The van der Waals surface area contributed by atoms with E-state index >= 15 is 0 Å². The first kappa shape index (κ1) is 10.6. The van der Waals surface area contributed by atoms with E-state index in [1.165, 1.54) is 0 Å². The summed E-state index contributed by atoms with van der Waals surface area (Å²) in [5.41, 5.74) is 1.76. The standard InChI is InChI=1S/C13H12O3/c14-12-7-10(6-11(8-12)13(15)16)9-4-2-1-3-5-9/h1-5,7,11H,6,8H2,(H,15,16)/t11-/m1/s1. The molecule has 0 saturated heterocycles. The molecular weight excluding hydrogens is 204 g/mol. The zero-order chi connectivity index (χ0) is 11.5. The van der Waals surface area contributed by atoms with E-state index in [4.69, 9.17) is 5.11 Å². The van der Waals surface area contributed by atoms with Gasteiger partial charge in [0.25, 0.3) is 0 Å². The van der Waals surface area contributed by atoms with Gasteiger partial charge in [0.15, 0.2) is 5.78 Å². The minimum atomic E-state index is -0.894. The van der Waals surface area contributed by atoms with Gasteiger partial charge in [0, 0.05) is 6.42 Å². The molecule has 16 heavy (non-hydrogen) atoms. The summed E-state index contributed by atoms with van der Waals surface area (Å²) in [6.45, 7) is 0. The Hall–Kier alpha value is -1.90. The Morgan fingerprint density at radius 3 is 2.50 bits per heavy atom. The van der Waals surface area contributed by atoms with Gasteiger partial charge in [0.1, 0.15) is 0 Å². The van der Waals surface area contributed by atoms with Crippen LogP contribution in [0.1, 0.15) is 18.4 Å². The predicted octanol–water partition coefficient (Wildman–Crippen LogP) is 2.13. The number of hydrogen-bond acceptors (Lipinski definition) is 2. The van der Waals surface area contributed by atoms with Gasteiger partial charge >= 0.3 is 5.97 Å². The molecule has 1 N–H and O–H groups in total. The molecule has 0 amide bonds. The Morgan fingerprint density at radius 2 is 1.88 bits per heavy atom. The van der Waals surface area contributed by atoms with Crippen molar-refractivity contribution in [3.8, 4) is 0 Å². The highest BCUT2D eigenvalue weighted by Gasteiger charge is 2.26. The SMILES string of the molecule is O=C1C=C(c2ccccc2)C[C@@H](C(=O)O)C1. The van der Waals surface area contributed by atoms with Crippen molar-refractivity contribution in [3.63, 3.8) is 0 Å². The minimum absolute atomic E-state index is 0.0995. The van der Waals surface area contributed by atoms with E-state index in [1.54, 1.807) is 6.08 Å². The quantitative estimate of drug-likeness (QED) is 0.823. The Bertz CT molecular complexity index is 446. The first-order valence-corrected chi connectivity index (χ1v) is 5.18. The fourth-order valence-electron chi connectivity index (χ4n) is 1.92. The van der Waals surface area contributed by atoms with Crippen LogP contribution in [0.2, 0.25) is 0 Å². The van der Waals surface area contributed by atoms with Crippen LogP contribution in [-0.4, -0.2) is 16.9 Å². The van der Waals surface area contributed by atoms with Gasteiger partial charge in [-0.05, 0) is 23.6 Å². The number of rotatable bonds is 2. The number of carbonyl (C=O) groups excluding carboxylic acids is 1. The summed E-state index contributed by atoms with van der Waals surface area (Å²) in [4.78, 5) is 22.3. The molecule has 0 fully saturated rings. The molecule has 0 spiro atoms. The highest BCUT2D eigenvalue weighted by molar-refractivity contribution is 6.01. The van der Waals surface area contributed by atoms with Crippen LogP contribution in [0.3, 0.4) is 0 Å². The summed E-state index contributed by atoms with van der Waals surface area (Å²) in [6.07, 6.45) is 2.12. The van der Waals surface area contributed by atoms with Gasteiger partial charge in [0.2, 0.25) is 0 Å². The lowest BCUT2D eigenvalue weighted by Gasteiger charge is -2.18. The third-order valence-corrected chi connectivity index (χ3v) is 2.74. The van der Waals surface area contributed by atoms with Crippen LogP contribution in [0.4, 0.5) is 0 Å². The van der Waals surface area contributed by atoms with E-state index in [1.807, 2.05) is 30.3 Å². The van der Waals surface area contributed by atoms with Crippen molar-refractivity contribution in [2.24, 2.45) is 5.92 Å². The molecule has 0 bridgehead atoms. The maximum atomic E-state index is 11.4. The predicted molar refractivity (Wildman–Crippen MR) is 59.8 cm³/mol. The number of aliphatic carboxylic acids is 1. The second-order valence-corrected chi connectivity index (χ2v) is 3.95. The van der Waals surface area contributed by atoms with E-state index in [9.17, 15) is 9.59 Å². The number of ketones is 1. The van der Waals surface area contributed by atoms with Crippen LogP contribution >= 0.6 is 0 Å². The second kappa shape index (κ2) is 4.31. The molecule has 1 aliphatic rings. The third kappa shape index (κ3) is 2.19. The van der Waals surface area contributed by atoms with E-state index in [2.05, 4.69) is 0 Å². The molecule has 1 aromatic rings. The molecule has 2 rings (SSSR count). The van der Waals surface area contributed by atoms with Gasteiger partial charge < -0.3 is 5.11 Å². The summed E-state index contributed by atoms with van der Waals surface area (Å²) in [5, 5.41) is 8.94. The number of carboxylic acids is 1. The van der Waals surface area contributed by atoms with Gasteiger partial charge in [-0.1, -0.05) is 30.3 Å². The van der Waals surface area contributed by atoms with Crippen LogP contribution in [0, 0.1) is 5.92 Å². The fourth-order valence-corrected chi connectivity index (χ4v) is 1.92. The average molecular weight is 216 g/mol. The summed E-state index contributed by atoms with van der Waals surface area (Å²) < 4.78 is 0.